The summed E-state index contributed by atoms with van der Waals surface area (Å²) in [6.45, 7) is 9.04. The van der Waals surface area contributed by atoms with Crippen molar-refractivity contribution in [2.45, 2.75) is 59.4 Å². The lowest BCUT2D eigenvalue weighted by molar-refractivity contribution is 0.218. The van der Waals surface area contributed by atoms with Crippen molar-refractivity contribution in [1.29, 1.82) is 0 Å². The normalized spacial score (nSPS) is 15.9. The van der Waals surface area contributed by atoms with Crippen molar-refractivity contribution in [2.75, 3.05) is 13.1 Å². The van der Waals surface area contributed by atoms with Crippen LogP contribution in [0.5, 0.6) is 0 Å². The van der Waals surface area contributed by atoms with Gasteiger partial charge in [0.15, 0.2) is 11.8 Å². The zero-order chi connectivity index (χ0) is 20.0. The first-order valence-corrected chi connectivity index (χ1v) is 11.2. The molecule has 154 valence electrons. The fourth-order valence-corrected chi connectivity index (χ4v) is 4.54. The molecule has 0 bridgehead atoms. The molecule has 2 aromatic rings. The number of hydrogen-bond acceptors (Lipinski definition) is 4. The Labute approximate surface area is 172 Å². The molecule has 7 heteroatoms. The number of nitrogens with one attached hydrogen (secondary N) is 2. The molecule has 1 fully saturated rings. The molecule has 0 unspecified atom stereocenters. The van der Waals surface area contributed by atoms with E-state index in [2.05, 4.69) is 52.2 Å². The third kappa shape index (κ3) is 5.56. The van der Waals surface area contributed by atoms with E-state index in [-0.39, 0.29) is 5.41 Å². The average Bonchev–Trinajstić information content (AvgIpc) is 3.42. The van der Waals surface area contributed by atoms with Crippen LogP contribution in [0.25, 0.3) is 0 Å². The van der Waals surface area contributed by atoms with Gasteiger partial charge in [0.2, 0.25) is 0 Å². The molecule has 2 N–H and O–H groups in total. The van der Waals surface area contributed by atoms with E-state index in [1.165, 1.54) is 30.6 Å². The lowest BCUT2D eigenvalue weighted by Gasteiger charge is -2.32. The van der Waals surface area contributed by atoms with Crippen molar-refractivity contribution in [1.82, 2.24) is 25.4 Å². The molecule has 0 spiro atoms. The highest BCUT2D eigenvalue weighted by Crippen LogP contribution is 2.38. The second-order valence-corrected chi connectivity index (χ2v) is 9.50. The number of aromatic nitrogens is 3. The smallest absolute Gasteiger partial charge is 0.191 e. The first-order valence-electron chi connectivity index (χ1n) is 10.3. The zero-order valence-electron chi connectivity index (χ0n) is 17.7. The minimum absolute atomic E-state index is 0.272. The number of hydrogen-bond donors (Lipinski definition) is 2. The summed E-state index contributed by atoms with van der Waals surface area (Å²) in [6, 6.07) is 4.29. The Bertz CT molecular complexity index is 756. The SMILES string of the molecule is Cc1nnc(CN=C(NCCc2cccs2)NCC(C)(C)C2CCCC2)n1C. The van der Waals surface area contributed by atoms with E-state index in [0.29, 0.717) is 6.54 Å². The van der Waals surface area contributed by atoms with E-state index in [9.17, 15) is 0 Å². The first kappa shape index (κ1) is 20.8. The summed E-state index contributed by atoms with van der Waals surface area (Å²) in [4.78, 5) is 6.18. The van der Waals surface area contributed by atoms with Crippen LogP contribution in [0, 0.1) is 18.3 Å². The number of rotatable bonds is 8. The molecule has 0 atom stereocenters. The molecule has 2 heterocycles. The van der Waals surface area contributed by atoms with Crippen molar-refractivity contribution in [3.05, 3.63) is 34.0 Å². The number of aryl methyl sites for hydroxylation is 1. The maximum atomic E-state index is 4.79. The van der Waals surface area contributed by atoms with Gasteiger partial charge in [-0.3, -0.25) is 0 Å². The highest BCUT2D eigenvalue weighted by molar-refractivity contribution is 7.09. The summed E-state index contributed by atoms with van der Waals surface area (Å²) >= 11 is 1.80. The number of guanidine groups is 1. The quantitative estimate of drug-likeness (QED) is 0.522. The topological polar surface area (TPSA) is 67.1 Å². The van der Waals surface area contributed by atoms with Gasteiger partial charge >= 0.3 is 0 Å². The van der Waals surface area contributed by atoms with Crippen molar-refractivity contribution in [2.24, 2.45) is 23.4 Å². The van der Waals surface area contributed by atoms with Crippen molar-refractivity contribution < 1.29 is 0 Å². The molecule has 0 aliphatic heterocycles. The van der Waals surface area contributed by atoms with Gasteiger partial charge in [-0.1, -0.05) is 32.8 Å². The van der Waals surface area contributed by atoms with E-state index in [0.717, 1.165) is 43.0 Å². The van der Waals surface area contributed by atoms with Crippen molar-refractivity contribution in [3.63, 3.8) is 0 Å². The Balaban J connectivity index is 1.60. The van der Waals surface area contributed by atoms with Crippen LogP contribution in [-0.4, -0.2) is 33.8 Å². The van der Waals surface area contributed by atoms with Crippen LogP contribution in [0.2, 0.25) is 0 Å². The van der Waals surface area contributed by atoms with Gasteiger partial charge in [0.25, 0.3) is 0 Å². The molecule has 0 saturated heterocycles. The zero-order valence-corrected chi connectivity index (χ0v) is 18.5. The van der Waals surface area contributed by atoms with Crippen LogP contribution in [-0.2, 0) is 20.0 Å². The van der Waals surface area contributed by atoms with E-state index in [1.807, 2.05) is 18.5 Å². The fourth-order valence-electron chi connectivity index (χ4n) is 3.83. The fraction of sp³-hybridized carbons (Fsp3) is 0.667. The average molecular weight is 403 g/mol. The molecule has 0 radical (unpaired) electrons. The van der Waals surface area contributed by atoms with E-state index in [1.54, 1.807) is 11.3 Å². The highest BCUT2D eigenvalue weighted by atomic mass is 32.1. The summed E-state index contributed by atoms with van der Waals surface area (Å²) in [5, 5.41) is 17.6. The second-order valence-electron chi connectivity index (χ2n) is 8.47. The molecule has 2 aromatic heterocycles. The third-order valence-corrected chi connectivity index (χ3v) is 6.91. The van der Waals surface area contributed by atoms with Gasteiger partial charge in [0.05, 0.1) is 0 Å². The molecule has 0 aromatic carbocycles. The van der Waals surface area contributed by atoms with Crippen LogP contribution < -0.4 is 10.6 Å². The summed E-state index contributed by atoms with van der Waals surface area (Å²) in [7, 11) is 1.99. The van der Waals surface area contributed by atoms with Gasteiger partial charge in [-0.15, -0.1) is 21.5 Å². The van der Waals surface area contributed by atoms with Crippen molar-refractivity contribution in [3.8, 4) is 0 Å². The molecule has 1 aliphatic carbocycles. The summed E-state index contributed by atoms with van der Waals surface area (Å²) in [5.41, 5.74) is 0.272. The van der Waals surface area contributed by atoms with E-state index in [4.69, 9.17) is 4.99 Å². The monoisotopic (exact) mass is 402 g/mol. The molecular weight excluding hydrogens is 368 g/mol. The molecule has 28 heavy (non-hydrogen) atoms. The summed E-state index contributed by atoms with van der Waals surface area (Å²) in [6.07, 6.45) is 6.46. The van der Waals surface area contributed by atoms with E-state index < -0.39 is 0 Å². The number of nitrogens with zero attached hydrogens (tertiary/aromatic N) is 4. The minimum Gasteiger partial charge on any atom is -0.356 e. The van der Waals surface area contributed by atoms with Gasteiger partial charge in [0, 0.05) is 25.0 Å². The lowest BCUT2D eigenvalue weighted by atomic mass is 9.78. The standard InChI is InChI=1S/C21H34N6S/c1-16-25-26-19(27(16)4)14-23-20(22-12-11-18-10-7-13-28-18)24-15-21(2,3)17-8-5-6-9-17/h7,10,13,17H,5-6,8-9,11-12,14-15H2,1-4H3,(H2,22,23,24). The molecular formula is C21H34N6S. The van der Waals surface area contributed by atoms with Crippen LogP contribution in [0.3, 0.4) is 0 Å². The van der Waals surface area contributed by atoms with Gasteiger partial charge in [-0.2, -0.15) is 0 Å². The van der Waals surface area contributed by atoms with Gasteiger partial charge in [-0.05, 0) is 49.0 Å². The Hall–Kier alpha value is -1.89. The first-order chi connectivity index (χ1) is 13.5. The van der Waals surface area contributed by atoms with Crippen LogP contribution in [0.1, 0.15) is 56.1 Å². The third-order valence-electron chi connectivity index (χ3n) is 5.98. The minimum atomic E-state index is 0.272. The maximum Gasteiger partial charge on any atom is 0.191 e. The molecule has 6 nitrogen and oxygen atoms in total. The van der Waals surface area contributed by atoms with E-state index >= 15 is 0 Å². The Morgan fingerprint density at radius 1 is 1.29 bits per heavy atom. The van der Waals surface area contributed by atoms with Gasteiger partial charge in [0.1, 0.15) is 12.4 Å². The number of thiophene rings is 1. The van der Waals surface area contributed by atoms with Crippen LogP contribution in [0.4, 0.5) is 0 Å². The molecule has 1 saturated carbocycles. The Kier molecular flexibility index (Phi) is 7.10. The van der Waals surface area contributed by atoms with Gasteiger partial charge < -0.3 is 15.2 Å². The highest BCUT2D eigenvalue weighted by Gasteiger charge is 2.31. The molecule has 3 rings (SSSR count). The predicted octanol–water partition coefficient (Wildman–Crippen LogP) is 3.68. The van der Waals surface area contributed by atoms with Crippen LogP contribution in [0.15, 0.2) is 22.5 Å². The van der Waals surface area contributed by atoms with Crippen LogP contribution >= 0.6 is 11.3 Å². The predicted molar refractivity (Wildman–Crippen MR) is 117 cm³/mol. The second kappa shape index (κ2) is 9.54. The largest absolute Gasteiger partial charge is 0.356 e. The Morgan fingerprint density at radius 3 is 2.71 bits per heavy atom. The maximum absolute atomic E-state index is 4.79. The molecule has 1 aliphatic rings. The number of aliphatic imine (C=N–C) groups is 1. The molecule has 0 amide bonds. The Morgan fingerprint density at radius 2 is 2.07 bits per heavy atom. The summed E-state index contributed by atoms with van der Waals surface area (Å²) in [5.74, 6) is 3.46. The lowest BCUT2D eigenvalue weighted by Crippen LogP contribution is -2.44. The summed E-state index contributed by atoms with van der Waals surface area (Å²) < 4.78 is 2.00. The van der Waals surface area contributed by atoms with Gasteiger partial charge in [-0.25, -0.2) is 4.99 Å². The van der Waals surface area contributed by atoms with Crippen molar-refractivity contribution >= 4 is 17.3 Å².